The highest BCUT2D eigenvalue weighted by atomic mass is 35.5. The van der Waals surface area contributed by atoms with Crippen LogP contribution in [-0.4, -0.2) is 15.0 Å². The Hall–Kier alpha value is -1.98. The maximum absolute atomic E-state index is 12.1. The van der Waals surface area contributed by atoms with Crippen molar-refractivity contribution in [2.75, 3.05) is 0 Å². The third-order valence-corrected chi connectivity index (χ3v) is 4.93. The predicted octanol–water partition coefficient (Wildman–Crippen LogP) is 4.41. The van der Waals surface area contributed by atoms with Crippen LogP contribution in [0.5, 0.6) is 0 Å². The van der Waals surface area contributed by atoms with E-state index in [1.54, 1.807) is 35.7 Å². The van der Waals surface area contributed by atoms with Crippen LogP contribution < -0.4 is 5.56 Å². The number of H-pyrrole nitrogens is 1. The van der Waals surface area contributed by atoms with Gasteiger partial charge in [-0.25, -0.2) is 9.97 Å². The van der Waals surface area contributed by atoms with Gasteiger partial charge in [-0.1, -0.05) is 44.5 Å². The molecule has 0 spiro atoms. The zero-order valence-electron chi connectivity index (χ0n) is 13.1. The van der Waals surface area contributed by atoms with E-state index in [9.17, 15) is 4.79 Å². The van der Waals surface area contributed by atoms with E-state index in [-0.39, 0.29) is 11.0 Å². The van der Waals surface area contributed by atoms with Crippen molar-refractivity contribution in [1.29, 1.82) is 0 Å². The second kappa shape index (κ2) is 5.91. The van der Waals surface area contributed by atoms with Crippen molar-refractivity contribution in [3.8, 4) is 0 Å². The van der Waals surface area contributed by atoms with Gasteiger partial charge in [0.15, 0.2) is 5.82 Å². The van der Waals surface area contributed by atoms with Gasteiger partial charge in [-0.3, -0.25) is 4.79 Å². The molecule has 2 heterocycles. The normalized spacial score (nSPS) is 12.8. The van der Waals surface area contributed by atoms with E-state index in [1.165, 1.54) is 0 Å². The summed E-state index contributed by atoms with van der Waals surface area (Å²) >= 11 is 7.92. The SMILES string of the molecule is CC(C)(C)c1ncc(C=C(Cl)c2nc3ccccc3c(=O)[nH]2)s1. The molecule has 118 valence electrons. The number of para-hydroxylation sites is 1. The first-order chi connectivity index (χ1) is 10.8. The molecule has 0 aliphatic heterocycles. The lowest BCUT2D eigenvalue weighted by Crippen LogP contribution is -2.10. The van der Waals surface area contributed by atoms with Gasteiger partial charge in [0.2, 0.25) is 0 Å². The molecule has 0 saturated heterocycles. The lowest BCUT2D eigenvalue weighted by atomic mass is 9.98. The highest BCUT2D eigenvalue weighted by molar-refractivity contribution is 7.12. The fourth-order valence-electron chi connectivity index (χ4n) is 2.09. The fourth-order valence-corrected chi connectivity index (χ4v) is 3.28. The number of benzene rings is 1. The van der Waals surface area contributed by atoms with Crippen molar-refractivity contribution < 1.29 is 0 Å². The summed E-state index contributed by atoms with van der Waals surface area (Å²) in [6.45, 7) is 6.34. The number of rotatable bonds is 2. The Bertz CT molecular complexity index is 950. The van der Waals surface area contributed by atoms with Crippen LogP contribution in [0, 0.1) is 0 Å². The molecule has 0 saturated carbocycles. The van der Waals surface area contributed by atoms with Crippen LogP contribution in [0.3, 0.4) is 0 Å². The first kappa shape index (κ1) is 15.9. The number of nitrogens with zero attached hydrogens (tertiary/aromatic N) is 2. The summed E-state index contributed by atoms with van der Waals surface area (Å²) in [6, 6.07) is 7.18. The molecule has 4 nitrogen and oxygen atoms in total. The quantitative estimate of drug-likeness (QED) is 0.748. The first-order valence-electron chi connectivity index (χ1n) is 7.17. The topological polar surface area (TPSA) is 58.6 Å². The Balaban J connectivity index is 2.01. The van der Waals surface area contributed by atoms with Crippen LogP contribution >= 0.6 is 22.9 Å². The number of hydrogen-bond donors (Lipinski definition) is 1. The molecule has 2 aromatic heterocycles. The van der Waals surface area contributed by atoms with Crippen molar-refractivity contribution in [2.45, 2.75) is 26.2 Å². The van der Waals surface area contributed by atoms with Gasteiger partial charge in [-0.15, -0.1) is 11.3 Å². The van der Waals surface area contributed by atoms with Crippen molar-refractivity contribution >= 4 is 44.9 Å². The van der Waals surface area contributed by atoms with Crippen LogP contribution in [0.15, 0.2) is 35.3 Å². The largest absolute Gasteiger partial charge is 0.305 e. The van der Waals surface area contributed by atoms with E-state index >= 15 is 0 Å². The Morgan fingerprint density at radius 1 is 1.30 bits per heavy atom. The second-order valence-electron chi connectivity index (χ2n) is 6.24. The molecule has 0 aliphatic carbocycles. The van der Waals surface area contributed by atoms with Gasteiger partial charge in [0.1, 0.15) is 0 Å². The van der Waals surface area contributed by atoms with Gasteiger partial charge >= 0.3 is 0 Å². The van der Waals surface area contributed by atoms with Crippen molar-refractivity contribution in [3.63, 3.8) is 0 Å². The standard InChI is InChI=1S/C17H16ClN3OS/c1-17(2,3)16-19-9-10(23-16)8-12(18)14-20-13-7-5-4-6-11(13)15(22)21-14/h4-9H,1-3H3,(H,20,21,22). The fraction of sp³-hybridized carbons (Fsp3) is 0.235. The Morgan fingerprint density at radius 3 is 2.74 bits per heavy atom. The zero-order valence-corrected chi connectivity index (χ0v) is 14.6. The maximum atomic E-state index is 12.1. The smallest absolute Gasteiger partial charge is 0.259 e. The number of fused-ring (bicyclic) bond motifs is 1. The summed E-state index contributed by atoms with van der Waals surface area (Å²) in [5, 5.41) is 1.97. The molecule has 23 heavy (non-hydrogen) atoms. The molecule has 0 fully saturated rings. The average Bonchev–Trinajstić information content (AvgIpc) is 2.96. The monoisotopic (exact) mass is 345 g/mol. The lowest BCUT2D eigenvalue weighted by molar-refractivity contribution is 0.585. The minimum atomic E-state index is -0.197. The molecular formula is C17H16ClN3OS. The number of hydrogen-bond acceptors (Lipinski definition) is 4. The highest BCUT2D eigenvalue weighted by Crippen LogP contribution is 2.29. The van der Waals surface area contributed by atoms with E-state index < -0.39 is 0 Å². The van der Waals surface area contributed by atoms with Crippen LogP contribution in [0.25, 0.3) is 22.0 Å². The average molecular weight is 346 g/mol. The molecular weight excluding hydrogens is 330 g/mol. The van der Waals surface area contributed by atoms with Crippen LogP contribution in [0.4, 0.5) is 0 Å². The lowest BCUT2D eigenvalue weighted by Gasteiger charge is -2.13. The van der Waals surface area contributed by atoms with E-state index in [4.69, 9.17) is 11.6 Å². The molecule has 0 radical (unpaired) electrons. The maximum Gasteiger partial charge on any atom is 0.259 e. The van der Waals surface area contributed by atoms with Crippen LogP contribution in [0.1, 0.15) is 36.5 Å². The van der Waals surface area contributed by atoms with Crippen LogP contribution in [-0.2, 0) is 5.41 Å². The minimum Gasteiger partial charge on any atom is -0.305 e. The summed E-state index contributed by atoms with van der Waals surface area (Å²) < 4.78 is 0. The van der Waals surface area contributed by atoms with Crippen LogP contribution in [0.2, 0.25) is 0 Å². The van der Waals surface area contributed by atoms with E-state index in [1.807, 2.05) is 12.1 Å². The van der Waals surface area contributed by atoms with E-state index in [2.05, 4.69) is 35.7 Å². The van der Waals surface area contributed by atoms with Gasteiger partial charge in [0, 0.05) is 16.5 Å². The van der Waals surface area contributed by atoms with Gasteiger partial charge in [0.05, 0.1) is 20.9 Å². The predicted molar refractivity (Wildman–Crippen MR) is 96.9 cm³/mol. The third-order valence-electron chi connectivity index (χ3n) is 3.27. The Kier molecular flexibility index (Phi) is 4.08. The molecule has 6 heteroatoms. The van der Waals surface area contributed by atoms with Crippen molar-refractivity contribution in [3.05, 3.63) is 56.5 Å². The van der Waals surface area contributed by atoms with Crippen molar-refractivity contribution in [2.24, 2.45) is 0 Å². The molecule has 0 bridgehead atoms. The molecule has 3 aromatic rings. The summed E-state index contributed by atoms with van der Waals surface area (Å²) in [5.41, 5.74) is 0.424. The molecule has 3 rings (SSSR count). The van der Waals surface area contributed by atoms with Gasteiger partial charge in [-0.05, 0) is 18.2 Å². The summed E-state index contributed by atoms with van der Waals surface area (Å²) in [7, 11) is 0. The van der Waals surface area contributed by atoms with E-state index in [0.717, 1.165) is 9.88 Å². The number of aromatic nitrogens is 3. The van der Waals surface area contributed by atoms with Crippen molar-refractivity contribution in [1.82, 2.24) is 15.0 Å². The summed E-state index contributed by atoms with van der Waals surface area (Å²) in [4.78, 5) is 24.6. The summed E-state index contributed by atoms with van der Waals surface area (Å²) in [5.74, 6) is 0.362. The van der Waals surface area contributed by atoms with Gasteiger partial charge in [0.25, 0.3) is 5.56 Å². The first-order valence-corrected chi connectivity index (χ1v) is 8.37. The molecule has 0 unspecified atom stereocenters. The minimum absolute atomic E-state index is 0.00124. The van der Waals surface area contributed by atoms with Gasteiger partial charge < -0.3 is 4.98 Å². The Labute approximate surface area is 142 Å². The molecule has 0 aliphatic rings. The zero-order chi connectivity index (χ0) is 16.6. The molecule has 1 N–H and O–H groups in total. The molecule has 1 aromatic carbocycles. The van der Waals surface area contributed by atoms with E-state index in [0.29, 0.717) is 21.8 Å². The third kappa shape index (κ3) is 3.35. The number of halogens is 1. The highest BCUT2D eigenvalue weighted by Gasteiger charge is 2.17. The number of thiazole rings is 1. The second-order valence-corrected chi connectivity index (χ2v) is 7.71. The summed E-state index contributed by atoms with van der Waals surface area (Å²) in [6.07, 6.45) is 3.56. The van der Waals surface area contributed by atoms with Gasteiger partial charge in [-0.2, -0.15) is 0 Å². The Morgan fingerprint density at radius 2 is 2.04 bits per heavy atom. The molecule has 0 amide bonds. The molecule has 0 atom stereocenters. The number of nitrogens with one attached hydrogen (secondary N) is 1. The number of aromatic amines is 1.